The molecule has 0 spiro atoms. The minimum Gasteiger partial charge on any atom is -0.469 e. The van der Waals surface area contributed by atoms with Crippen LogP contribution in [0.15, 0.2) is 0 Å². The Labute approximate surface area is 85.0 Å². The van der Waals surface area contributed by atoms with Gasteiger partial charge in [-0.25, -0.2) is 0 Å². The lowest BCUT2D eigenvalue weighted by atomic mass is 9.84. The fourth-order valence-electron chi connectivity index (χ4n) is 3.22. The summed E-state index contributed by atoms with van der Waals surface area (Å²) in [6.45, 7) is 1.97. The molecule has 80 valence electrons. The van der Waals surface area contributed by atoms with Gasteiger partial charge in [0.05, 0.1) is 12.5 Å². The molecule has 2 fully saturated rings. The summed E-state index contributed by atoms with van der Waals surface area (Å²) in [4.78, 5) is 11.8. The fourth-order valence-corrected chi connectivity index (χ4v) is 3.22. The van der Waals surface area contributed by atoms with E-state index in [4.69, 9.17) is 10.5 Å². The van der Waals surface area contributed by atoms with E-state index in [-0.39, 0.29) is 16.9 Å². The quantitative estimate of drug-likeness (QED) is 0.682. The predicted molar refractivity (Wildman–Crippen MR) is 53.6 cm³/mol. The molecule has 2 aliphatic carbocycles. The number of rotatable bonds is 2. The van der Waals surface area contributed by atoms with Crippen molar-refractivity contribution in [3.63, 3.8) is 0 Å². The Hall–Kier alpha value is -0.570. The van der Waals surface area contributed by atoms with Crippen LogP contribution in [0.1, 0.15) is 39.0 Å². The maximum atomic E-state index is 11.8. The van der Waals surface area contributed by atoms with Crippen LogP contribution in [-0.2, 0) is 9.53 Å². The Bertz CT molecular complexity index is 256. The second kappa shape index (κ2) is 2.96. The van der Waals surface area contributed by atoms with E-state index < -0.39 is 0 Å². The van der Waals surface area contributed by atoms with Gasteiger partial charge in [-0.15, -0.1) is 0 Å². The zero-order chi connectivity index (χ0) is 10.4. The van der Waals surface area contributed by atoms with Gasteiger partial charge in [-0.2, -0.15) is 0 Å². The third-order valence-electron chi connectivity index (χ3n) is 4.14. The van der Waals surface area contributed by atoms with Crippen LogP contribution in [0.25, 0.3) is 0 Å². The number of ether oxygens (including phenoxy) is 1. The van der Waals surface area contributed by atoms with Crippen LogP contribution in [0.4, 0.5) is 0 Å². The van der Waals surface area contributed by atoms with Crippen molar-refractivity contribution in [3.8, 4) is 0 Å². The van der Waals surface area contributed by atoms with Crippen LogP contribution in [-0.4, -0.2) is 18.6 Å². The number of carbonyl (C=O) groups is 1. The van der Waals surface area contributed by atoms with Gasteiger partial charge >= 0.3 is 5.97 Å². The number of hydrogen-bond donors (Lipinski definition) is 1. The number of hydrogen-bond acceptors (Lipinski definition) is 3. The molecule has 0 bridgehead atoms. The number of esters is 1. The van der Waals surface area contributed by atoms with Gasteiger partial charge in [-0.3, -0.25) is 4.79 Å². The zero-order valence-corrected chi connectivity index (χ0v) is 9.01. The SMILES string of the molecule is COC(=O)C1(C2CCCC2)CC1(C)N. The molecule has 2 saturated carbocycles. The highest BCUT2D eigenvalue weighted by atomic mass is 16.5. The summed E-state index contributed by atoms with van der Waals surface area (Å²) in [6.07, 6.45) is 5.56. The lowest BCUT2D eigenvalue weighted by molar-refractivity contribution is -0.150. The minimum absolute atomic E-state index is 0.0885. The normalized spacial score (nSPS) is 42.5. The van der Waals surface area contributed by atoms with Crippen LogP contribution in [0.2, 0.25) is 0 Å². The maximum Gasteiger partial charge on any atom is 0.314 e. The molecule has 2 atom stereocenters. The van der Waals surface area contributed by atoms with E-state index in [1.165, 1.54) is 20.0 Å². The van der Waals surface area contributed by atoms with E-state index in [1.807, 2.05) is 6.92 Å². The summed E-state index contributed by atoms with van der Waals surface area (Å²) in [5.74, 6) is 0.374. The second-order valence-electron chi connectivity index (χ2n) is 5.04. The molecule has 0 heterocycles. The van der Waals surface area contributed by atoms with E-state index in [1.54, 1.807) is 0 Å². The largest absolute Gasteiger partial charge is 0.469 e. The molecule has 0 aromatic carbocycles. The van der Waals surface area contributed by atoms with E-state index in [9.17, 15) is 4.79 Å². The monoisotopic (exact) mass is 197 g/mol. The topological polar surface area (TPSA) is 52.3 Å². The lowest BCUT2D eigenvalue weighted by Gasteiger charge is -2.24. The molecule has 0 saturated heterocycles. The first-order chi connectivity index (χ1) is 6.54. The summed E-state index contributed by atoms with van der Waals surface area (Å²) in [6, 6.07) is 0. The molecule has 0 aromatic heterocycles. The third kappa shape index (κ3) is 1.11. The summed E-state index contributed by atoms with van der Waals surface area (Å²) in [5.41, 5.74) is 5.43. The third-order valence-corrected chi connectivity index (χ3v) is 4.14. The van der Waals surface area contributed by atoms with Crippen molar-refractivity contribution >= 4 is 5.97 Å². The van der Waals surface area contributed by atoms with Crippen LogP contribution in [0.5, 0.6) is 0 Å². The standard InChI is InChI=1S/C11H19NO2/c1-10(12)7-11(10,9(13)14-2)8-5-3-4-6-8/h8H,3-7,12H2,1-2H3. The molecule has 0 amide bonds. The van der Waals surface area contributed by atoms with Gasteiger partial charge in [-0.1, -0.05) is 12.8 Å². The Kier molecular flexibility index (Phi) is 2.11. The average Bonchev–Trinajstić information content (AvgIpc) is 2.59. The Morgan fingerprint density at radius 1 is 1.43 bits per heavy atom. The van der Waals surface area contributed by atoms with Crippen LogP contribution in [0, 0.1) is 11.3 Å². The van der Waals surface area contributed by atoms with Gasteiger partial charge in [0.15, 0.2) is 0 Å². The van der Waals surface area contributed by atoms with E-state index in [0.29, 0.717) is 5.92 Å². The molecule has 2 N–H and O–H groups in total. The zero-order valence-electron chi connectivity index (χ0n) is 9.01. The summed E-state index contributed by atoms with van der Waals surface area (Å²) in [5, 5.41) is 0. The van der Waals surface area contributed by atoms with Gasteiger partial charge < -0.3 is 10.5 Å². The van der Waals surface area contributed by atoms with Crippen molar-refractivity contribution in [2.45, 2.75) is 44.6 Å². The van der Waals surface area contributed by atoms with E-state index in [0.717, 1.165) is 19.3 Å². The van der Waals surface area contributed by atoms with Crippen LogP contribution >= 0.6 is 0 Å². The summed E-state index contributed by atoms with van der Waals surface area (Å²) in [7, 11) is 1.47. The summed E-state index contributed by atoms with van der Waals surface area (Å²) < 4.78 is 4.91. The molecule has 2 rings (SSSR count). The molecule has 0 aromatic rings. The second-order valence-corrected chi connectivity index (χ2v) is 5.04. The van der Waals surface area contributed by atoms with Crippen molar-refractivity contribution in [2.75, 3.05) is 7.11 Å². The molecule has 0 aliphatic heterocycles. The van der Waals surface area contributed by atoms with Crippen molar-refractivity contribution in [1.29, 1.82) is 0 Å². The first kappa shape index (κ1) is 9.97. The first-order valence-electron chi connectivity index (χ1n) is 5.42. The molecule has 2 aliphatic rings. The first-order valence-corrected chi connectivity index (χ1v) is 5.42. The summed E-state index contributed by atoms with van der Waals surface area (Å²) >= 11 is 0. The molecular formula is C11H19NO2. The lowest BCUT2D eigenvalue weighted by Crippen LogP contribution is -2.38. The molecule has 0 radical (unpaired) electrons. The fraction of sp³-hybridized carbons (Fsp3) is 0.909. The maximum absolute atomic E-state index is 11.8. The Morgan fingerprint density at radius 2 is 1.93 bits per heavy atom. The van der Waals surface area contributed by atoms with Crippen molar-refractivity contribution in [2.24, 2.45) is 17.1 Å². The van der Waals surface area contributed by atoms with Gasteiger partial charge in [0, 0.05) is 5.54 Å². The average molecular weight is 197 g/mol. The smallest absolute Gasteiger partial charge is 0.314 e. The van der Waals surface area contributed by atoms with Crippen molar-refractivity contribution < 1.29 is 9.53 Å². The predicted octanol–water partition coefficient (Wildman–Crippen LogP) is 1.46. The highest BCUT2D eigenvalue weighted by Crippen LogP contribution is 2.63. The van der Waals surface area contributed by atoms with Gasteiger partial charge in [0.1, 0.15) is 0 Å². The molecule has 3 nitrogen and oxygen atoms in total. The Morgan fingerprint density at radius 3 is 2.29 bits per heavy atom. The minimum atomic E-state index is -0.349. The van der Waals surface area contributed by atoms with Crippen LogP contribution < -0.4 is 5.73 Å². The highest BCUT2D eigenvalue weighted by molar-refractivity contribution is 5.83. The molecule has 3 heteroatoms. The molecular weight excluding hydrogens is 178 g/mol. The number of nitrogens with two attached hydrogens (primary N) is 1. The van der Waals surface area contributed by atoms with Gasteiger partial charge in [0.2, 0.25) is 0 Å². The van der Waals surface area contributed by atoms with Gasteiger partial charge in [0.25, 0.3) is 0 Å². The van der Waals surface area contributed by atoms with E-state index in [2.05, 4.69) is 0 Å². The van der Waals surface area contributed by atoms with Gasteiger partial charge in [-0.05, 0) is 32.1 Å². The van der Waals surface area contributed by atoms with Crippen LogP contribution in [0.3, 0.4) is 0 Å². The molecule has 14 heavy (non-hydrogen) atoms. The molecule has 2 unspecified atom stereocenters. The van der Waals surface area contributed by atoms with Crippen molar-refractivity contribution in [3.05, 3.63) is 0 Å². The van der Waals surface area contributed by atoms with Crippen molar-refractivity contribution in [1.82, 2.24) is 0 Å². The number of carbonyl (C=O) groups excluding carboxylic acids is 1. The Balaban J connectivity index is 2.20. The highest BCUT2D eigenvalue weighted by Gasteiger charge is 2.71. The number of methoxy groups -OCH3 is 1. The van der Waals surface area contributed by atoms with E-state index >= 15 is 0 Å².